The van der Waals surface area contributed by atoms with Crippen molar-refractivity contribution in [1.82, 2.24) is 14.8 Å². The number of carbonyl (C=O) groups is 1. The number of rotatable bonds is 6. The summed E-state index contributed by atoms with van der Waals surface area (Å²) in [6.45, 7) is 3.57. The molecule has 36 heavy (non-hydrogen) atoms. The molecule has 2 unspecified atom stereocenters. The van der Waals surface area contributed by atoms with Gasteiger partial charge >= 0.3 is 12.3 Å². The van der Waals surface area contributed by atoms with E-state index in [1.54, 1.807) is 32.2 Å². The Morgan fingerprint density at radius 1 is 1.28 bits per heavy atom. The molecular weight excluding hydrogens is 501 g/mol. The lowest BCUT2D eigenvalue weighted by molar-refractivity contribution is -0.137. The Morgan fingerprint density at radius 2 is 2.03 bits per heavy atom. The highest BCUT2D eigenvalue weighted by Crippen LogP contribution is 2.44. The van der Waals surface area contributed by atoms with Crippen molar-refractivity contribution in [3.8, 4) is 22.8 Å². The van der Waals surface area contributed by atoms with Gasteiger partial charge in [-0.1, -0.05) is 0 Å². The first-order valence-corrected chi connectivity index (χ1v) is 12.1. The maximum atomic E-state index is 13.0. The number of halogens is 3. The zero-order valence-electron chi connectivity index (χ0n) is 19.3. The summed E-state index contributed by atoms with van der Waals surface area (Å²) in [5.74, 6) is 0.172. The van der Waals surface area contributed by atoms with Crippen LogP contribution in [0.15, 0.2) is 42.9 Å². The van der Waals surface area contributed by atoms with Gasteiger partial charge in [-0.25, -0.2) is 14.0 Å². The number of anilines is 1. The number of ether oxygens (including phenoxy) is 1. The van der Waals surface area contributed by atoms with E-state index >= 15 is 0 Å². The summed E-state index contributed by atoms with van der Waals surface area (Å²) in [7, 11) is 0. The topological polar surface area (TPSA) is 118 Å². The van der Waals surface area contributed by atoms with Crippen molar-refractivity contribution < 1.29 is 36.6 Å². The zero-order chi connectivity index (χ0) is 26.2. The predicted octanol–water partition coefficient (Wildman–Crippen LogP) is 5.19. The van der Waals surface area contributed by atoms with Gasteiger partial charge < -0.3 is 14.4 Å². The quantitative estimate of drug-likeness (QED) is 0.427. The monoisotopic (exact) mass is 524 g/mol. The lowest BCUT2D eigenvalue weighted by atomic mass is 9.92. The van der Waals surface area contributed by atoms with Gasteiger partial charge in [0, 0.05) is 41.2 Å². The standard InChI is InChI=1S/C23H23F3N4O5S/c1-13-3-5-18-19(30(13)22(31)32)7-6-17(15-9-28-29(12-15)11-14(2)36(33)34)21(18)35-20-8-4-16(10-27-20)23(24,25)26/h4,6-10,12-14H,3,5,11H2,1-2H3,(H,31,32)(H,33,34)/t13-,14?/m0/s1. The number of hydrogen-bond acceptors (Lipinski definition) is 5. The summed E-state index contributed by atoms with van der Waals surface area (Å²) in [6, 6.07) is 5.00. The Kier molecular flexibility index (Phi) is 7.05. The fraction of sp³-hybridized carbons (Fsp3) is 0.348. The van der Waals surface area contributed by atoms with Crippen LogP contribution in [0.5, 0.6) is 11.6 Å². The highest BCUT2D eigenvalue weighted by molar-refractivity contribution is 7.79. The number of fused-ring (bicyclic) bond motifs is 1. The molecule has 9 nitrogen and oxygen atoms in total. The van der Waals surface area contributed by atoms with Gasteiger partial charge in [0.2, 0.25) is 5.88 Å². The van der Waals surface area contributed by atoms with E-state index in [9.17, 15) is 31.8 Å². The molecule has 0 saturated heterocycles. The van der Waals surface area contributed by atoms with Crippen LogP contribution < -0.4 is 9.64 Å². The van der Waals surface area contributed by atoms with Gasteiger partial charge in [0.05, 0.1) is 29.2 Å². The van der Waals surface area contributed by atoms with Crippen LogP contribution in [0.25, 0.3) is 11.1 Å². The van der Waals surface area contributed by atoms with Crippen molar-refractivity contribution in [2.24, 2.45) is 0 Å². The summed E-state index contributed by atoms with van der Waals surface area (Å²) in [6.07, 6.45) is -0.846. The van der Waals surface area contributed by atoms with Gasteiger partial charge in [-0.2, -0.15) is 18.3 Å². The average Bonchev–Trinajstić information content (AvgIpc) is 3.26. The zero-order valence-corrected chi connectivity index (χ0v) is 20.1. The molecule has 4 rings (SSSR count). The van der Waals surface area contributed by atoms with Crippen LogP contribution in [0.2, 0.25) is 0 Å². The summed E-state index contributed by atoms with van der Waals surface area (Å²) >= 11 is -2.03. The maximum absolute atomic E-state index is 13.0. The van der Waals surface area contributed by atoms with Gasteiger partial charge in [-0.15, -0.1) is 0 Å². The summed E-state index contributed by atoms with van der Waals surface area (Å²) < 4.78 is 67.0. The molecule has 3 aromatic rings. The SMILES string of the molecule is CC(Cn1cc(-c2ccc3c(c2Oc2ccc(C(F)(F)F)cn2)CC[C@H](C)N3C(=O)O)cn1)S(=O)O. The molecule has 3 heterocycles. The van der Waals surface area contributed by atoms with E-state index in [2.05, 4.69) is 10.1 Å². The van der Waals surface area contributed by atoms with Crippen LogP contribution in [0.1, 0.15) is 31.4 Å². The van der Waals surface area contributed by atoms with Crippen LogP contribution >= 0.6 is 0 Å². The van der Waals surface area contributed by atoms with Gasteiger partial charge in [0.15, 0.2) is 11.1 Å². The molecule has 0 spiro atoms. The van der Waals surface area contributed by atoms with E-state index < -0.39 is 34.2 Å². The van der Waals surface area contributed by atoms with Crippen LogP contribution in [0, 0.1) is 0 Å². The smallest absolute Gasteiger partial charge is 0.417 e. The number of alkyl halides is 3. The van der Waals surface area contributed by atoms with Gasteiger partial charge in [0.25, 0.3) is 0 Å². The molecule has 1 aliphatic rings. The van der Waals surface area contributed by atoms with Crippen LogP contribution in [0.3, 0.4) is 0 Å². The van der Waals surface area contributed by atoms with E-state index in [4.69, 9.17) is 4.74 Å². The molecule has 1 aliphatic heterocycles. The lowest BCUT2D eigenvalue weighted by Crippen LogP contribution is -2.41. The molecule has 3 atom stereocenters. The minimum Gasteiger partial charge on any atom is -0.465 e. The lowest BCUT2D eigenvalue weighted by Gasteiger charge is -2.34. The molecular formula is C23H23F3N4O5S. The first kappa shape index (κ1) is 25.6. The number of benzene rings is 1. The summed E-state index contributed by atoms with van der Waals surface area (Å²) in [5, 5.41) is 13.4. The van der Waals surface area contributed by atoms with Gasteiger partial charge in [-0.05, 0) is 44.9 Å². The van der Waals surface area contributed by atoms with E-state index in [-0.39, 0.29) is 24.2 Å². The third-order valence-electron chi connectivity index (χ3n) is 5.96. The van der Waals surface area contributed by atoms with E-state index in [0.717, 1.165) is 12.1 Å². The van der Waals surface area contributed by atoms with Crippen molar-refractivity contribution in [1.29, 1.82) is 0 Å². The van der Waals surface area contributed by atoms with Crippen molar-refractivity contribution in [2.45, 2.75) is 50.7 Å². The van der Waals surface area contributed by atoms with Gasteiger partial charge in [0.1, 0.15) is 5.75 Å². The molecule has 1 aromatic carbocycles. The van der Waals surface area contributed by atoms with E-state index in [1.165, 1.54) is 15.8 Å². The minimum atomic E-state index is -4.55. The predicted molar refractivity (Wildman–Crippen MR) is 125 cm³/mol. The van der Waals surface area contributed by atoms with Crippen molar-refractivity contribution in [3.05, 3.63) is 54.0 Å². The van der Waals surface area contributed by atoms with Crippen LogP contribution in [0.4, 0.5) is 23.7 Å². The van der Waals surface area contributed by atoms with E-state index in [0.29, 0.717) is 41.4 Å². The number of amides is 1. The number of nitrogens with zero attached hydrogens (tertiary/aromatic N) is 4. The molecule has 0 aliphatic carbocycles. The fourth-order valence-corrected chi connectivity index (χ4v) is 4.36. The minimum absolute atomic E-state index is 0.0881. The Balaban J connectivity index is 1.79. The second-order valence-electron chi connectivity index (χ2n) is 8.50. The van der Waals surface area contributed by atoms with Crippen LogP contribution in [-0.2, 0) is 30.2 Å². The average molecular weight is 525 g/mol. The molecule has 0 saturated carbocycles. The highest BCUT2D eigenvalue weighted by Gasteiger charge is 2.33. The highest BCUT2D eigenvalue weighted by atomic mass is 32.2. The third kappa shape index (κ3) is 5.21. The Hall–Kier alpha value is -3.45. The second-order valence-corrected chi connectivity index (χ2v) is 9.86. The summed E-state index contributed by atoms with van der Waals surface area (Å²) in [5.41, 5.74) is 1.18. The normalized spacial score (nSPS) is 17.4. The molecule has 2 aromatic heterocycles. The largest absolute Gasteiger partial charge is 0.465 e. The first-order valence-electron chi connectivity index (χ1n) is 11.0. The molecule has 192 valence electrons. The molecule has 0 fully saturated rings. The van der Waals surface area contributed by atoms with E-state index in [1.807, 2.05) is 0 Å². The maximum Gasteiger partial charge on any atom is 0.417 e. The Morgan fingerprint density at radius 3 is 2.64 bits per heavy atom. The second kappa shape index (κ2) is 9.90. The van der Waals surface area contributed by atoms with Crippen molar-refractivity contribution in [3.63, 3.8) is 0 Å². The van der Waals surface area contributed by atoms with Crippen molar-refractivity contribution in [2.75, 3.05) is 4.90 Å². The Labute approximate surface area is 206 Å². The van der Waals surface area contributed by atoms with Crippen LogP contribution in [-0.4, -0.2) is 46.0 Å². The molecule has 2 N–H and O–H groups in total. The molecule has 13 heteroatoms. The van der Waals surface area contributed by atoms with Gasteiger partial charge in [-0.3, -0.25) is 9.58 Å². The number of hydrogen-bond donors (Lipinski definition) is 2. The Bertz CT molecular complexity index is 1300. The fourth-order valence-electron chi connectivity index (χ4n) is 4.08. The molecule has 1 amide bonds. The third-order valence-corrected chi connectivity index (χ3v) is 6.79. The molecule has 0 bridgehead atoms. The number of carboxylic acid groups (broad SMARTS) is 1. The summed E-state index contributed by atoms with van der Waals surface area (Å²) in [4.78, 5) is 17.0. The van der Waals surface area contributed by atoms with Crippen molar-refractivity contribution >= 4 is 22.9 Å². The number of aromatic nitrogens is 3. The first-order chi connectivity index (χ1) is 17.0. The molecule has 0 radical (unpaired) electrons. The number of pyridine rings is 1.